The van der Waals surface area contributed by atoms with E-state index in [0.29, 0.717) is 6.42 Å². The summed E-state index contributed by atoms with van der Waals surface area (Å²) >= 11 is 1.54. The van der Waals surface area contributed by atoms with Crippen LogP contribution in [0.1, 0.15) is 31.9 Å². The maximum Gasteiger partial charge on any atom is 0.177 e. The first-order valence-corrected chi connectivity index (χ1v) is 6.60. The summed E-state index contributed by atoms with van der Waals surface area (Å²) in [5.41, 5.74) is 4.66. The van der Waals surface area contributed by atoms with Gasteiger partial charge in [-0.15, -0.1) is 11.3 Å². The summed E-state index contributed by atoms with van der Waals surface area (Å²) in [6.07, 6.45) is 0.514. The van der Waals surface area contributed by atoms with Crippen molar-refractivity contribution in [3.8, 4) is 0 Å². The summed E-state index contributed by atoms with van der Waals surface area (Å²) < 4.78 is 0. The minimum atomic E-state index is 0.231. The van der Waals surface area contributed by atoms with Crippen LogP contribution in [0.15, 0.2) is 29.6 Å². The predicted molar refractivity (Wildman–Crippen MR) is 73.0 cm³/mol. The second-order valence-corrected chi connectivity index (χ2v) is 5.32. The van der Waals surface area contributed by atoms with Gasteiger partial charge >= 0.3 is 0 Å². The molecular weight excluding hydrogens is 228 g/mol. The van der Waals surface area contributed by atoms with Gasteiger partial charge in [-0.05, 0) is 54.5 Å². The van der Waals surface area contributed by atoms with Gasteiger partial charge in [0.1, 0.15) is 0 Å². The lowest BCUT2D eigenvalue weighted by molar-refractivity contribution is 0.0996. The molecule has 0 bridgehead atoms. The molecule has 0 saturated carbocycles. The van der Waals surface area contributed by atoms with Crippen molar-refractivity contribution in [2.45, 2.75) is 27.2 Å². The normalized spacial score (nSPS) is 10.5. The van der Waals surface area contributed by atoms with Gasteiger partial charge in [-0.3, -0.25) is 4.79 Å². The number of benzene rings is 1. The molecule has 0 atom stereocenters. The molecule has 0 aliphatic rings. The van der Waals surface area contributed by atoms with Gasteiger partial charge in [-0.1, -0.05) is 18.2 Å². The molecule has 0 aliphatic heterocycles. The summed E-state index contributed by atoms with van der Waals surface area (Å²) in [5, 5.41) is 1.98. The van der Waals surface area contributed by atoms with Gasteiger partial charge in [0.05, 0.1) is 4.88 Å². The summed E-state index contributed by atoms with van der Waals surface area (Å²) in [5.74, 6) is 0.231. The maximum atomic E-state index is 12.2. The van der Waals surface area contributed by atoms with E-state index in [2.05, 4.69) is 26.0 Å². The largest absolute Gasteiger partial charge is 0.293 e. The topological polar surface area (TPSA) is 17.1 Å². The SMILES string of the molecule is Cc1ccsc1C(=O)Cc1c(C)cccc1C. The molecule has 1 aromatic heterocycles. The zero-order valence-electron chi connectivity index (χ0n) is 10.4. The highest BCUT2D eigenvalue weighted by molar-refractivity contribution is 7.12. The fourth-order valence-corrected chi connectivity index (χ4v) is 2.89. The third kappa shape index (κ3) is 2.47. The third-order valence-electron chi connectivity index (χ3n) is 3.10. The summed E-state index contributed by atoms with van der Waals surface area (Å²) in [6, 6.07) is 8.17. The van der Waals surface area contributed by atoms with Crippen LogP contribution in [-0.4, -0.2) is 5.78 Å². The average Bonchev–Trinajstić information content (AvgIpc) is 2.70. The van der Waals surface area contributed by atoms with E-state index >= 15 is 0 Å². The first kappa shape index (κ1) is 12.1. The van der Waals surface area contributed by atoms with Gasteiger partial charge in [0.15, 0.2) is 5.78 Å². The quantitative estimate of drug-likeness (QED) is 0.743. The van der Waals surface area contributed by atoms with Crippen LogP contribution < -0.4 is 0 Å². The first-order valence-electron chi connectivity index (χ1n) is 5.72. The number of carbonyl (C=O) groups is 1. The maximum absolute atomic E-state index is 12.2. The molecule has 2 aromatic rings. The van der Waals surface area contributed by atoms with Crippen LogP contribution in [0.3, 0.4) is 0 Å². The van der Waals surface area contributed by atoms with Crippen LogP contribution in [0.4, 0.5) is 0 Å². The van der Waals surface area contributed by atoms with Crippen molar-refractivity contribution >= 4 is 17.1 Å². The summed E-state index contributed by atoms with van der Waals surface area (Å²) in [6.45, 7) is 6.13. The molecule has 1 nitrogen and oxygen atoms in total. The minimum Gasteiger partial charge on any atom is -0.293 e. The Bertz CT molecular complexity index is 532. The fraction of sp³-hybridized carbons (Fsp3) is 0.267. The number of aryl methyl sites for hydroxylation is 3. The van der Waals surface area contributed by atoms with Crippen LogP contribution in [0.2, 0.25) is 0 Å². The smallest absolute Gasteiger partial charge is 0.177 e. The van der Waals surface area contributed by atoms with Crippen LogP contribution in [0, 0.1) is 20.8 Å². The first-order chi connectivity index (χ1) is 8.09. The van der Waals surface area contributed by atoms with E-state index in [1.165, 1.54) is 28.0 Å². The molecule has 0 unspecified atom stereocenters. The highest BCUT2D eigenvalue weighted by Gasteiger charge is 2.13. The van der Waals surface area contributed by atoms with Crippen molar-refractivity contribution in [2.75, 3.05) is 0 Å². The van der Waals surface area contributed by atoms with E-state index in [-0.39, 0.29) is 5.78 Å². The Balaban J connectivity index is 2.28. The van der Waals surface area contributed by atoms with Crippen LogP contribution in [0.25, 0.3) is 0 Å². The van der Waals surface area contributed by atoms with E-state index in [1.54, 1.807) is 0 Å². The second kappa shape index (κ2) is 4.84. The van der Waals surface area contributed by atoms with Crippen molar-refractivity contribution in [1.82, 2.24) is 0 Å². The standard InChI is InChI=1S/C15H16OS/c1-10-5-4-6-11(2)13(10)9-14(16)15-12(3)7-8-17-15/h4-8H,9H2,1-3H3. The number of carbonyl (C=O) groups excluding carboxylic acids is 1. The van der Waals surface area contributed by atoms with E-state index < -0.39 is 0 Å². The number of Topliss-reactive ketones (excluding diaryl/α,β-unsaturated/α-hetero) is 1. The molecule has 0 saturated heterocycles. The van der Waals surface area contributed by atoms with Crippen molar-refractivity contribution in [3.63, 3.8) is 0 Å². The van der Waals surface area contributed by atoms with E-state index in [9.17, 15) is 4.79 Å². The zero-order chi connectivity index (χ0) is 12.4. The van der Waals surface area contributed by atoms with Crippen LogP contribution in [0.5, 0.6) is 0 Å². The fourth-order valence-electron chi connectivity index (χ4n) is 2.03. The van der Waals surface area contributed by atoms with Crippen molar-refractivity contribution in [2.24, 2.45) is 0 Å². The molecule has 0 fully saturated rings. The summed E-state index contributed by atoms with van der Waals surface area (Å²) in [7, 11) is 0. The molecule has 1 heterocycles. The zero-order valence-corrected chi connectivity index (χ0v) is 11.2. The molecule has 0 spiro atoms. The lowest BCUT2D eigenvalue weighted by atomic mass is 9.97. The van der Waals surface area contributed by atoms with Gasteiger partial charge in [-0.25, -0.2) is 0 Å². The number of hydrogen-bond donors (Lipinski definition) is 0. The number of ketones is 1. The number of hydrogen-bond acceptors (Lipinski definition) is 2. The molecule has 1 aromatic carbocycles. The predicted octanol–water partition coefficient (Wildman–Crippen LogP) is 4.10. The monoisotopic (exact) mass is 244 g/mol. The van der Waals surface area contributed by atoms with Gasteiger partial charge < -0.3 is 0 Å². The Morgan fingerprint density at radius 3 is 2.24 bits per heavy atom. The van der Waals surface area contributed by atoms with Crippen LogP contribution in [-0.2, 0) is 6.42 Å². The highest BCUT2D eigenvalue weighted by atomic mass is 32.1. The van der Waals surface area contributed by atoms with Crippen molar-refractivity contribution in [3.05, 3.63) is 56.8 Å². The van der Waals surface area contributed by atoms with Gasteiger partial charge in [-0.2, -0.15) is 0 Å². The molecule has 17 heavy (non-hydrogen) atoms. The second-order valence-electron chi connectivity index (χ2n) is 4.40. The Labute approximate surface area is 106 Å². The Hall–Kier alpha value is -1.41. The molecule has 88 valence electrons. The molecule has 0 N–H and O–H groups in total. The van der Waals surface area contributed by atoms with E-state index in [1.807, 2.05) is 24.4 Å². The molecular formula is C15H16OS. The molecule has 0 aliphatic carbocycles. The molecule has 2 rings (SSSR count). The lowest BCUT2D eigenvalue weighted by Crippen LogP contribution is -2.05. The van der Waals surface area contributed by atoms with Crippen molar-refractivity contribution in [1.29, 1.82) is 0 Å². The van der Waals surface area contributed by atoms with Gasteiger partial charge in [0.25, 0.3) is 0 Å². The Morgan fingerprint density at radius 1 is 1.06 bits per heavy atom. The van der Waals surface area contributed by atoms with E-state index in [4.69, 9.17) is 0 Å². The Morgan fingerprint density at radius 2 is 1.71 bits per heavy atom. The van der Waals surface area contributed by atoms with Crippen LogP contribution >= 0.6 is 11.3 Å². The Kier molecular flexibility index (Phi) is 3.43. The number of rotatable bonds is 3. The van der Waals surface area contributed by atoms with Crippen molar-refractivity contribution < 1.29 is 4.79 Å². The lowest BCUT2D eigenvalue weighted by Gasteiger charge is -2.08. The average molecular weight is 244 g/mol. The molecule has 2 heteroatoms. The highest BCUT2D eigenvalue weighted by Crippen LogP contribution is 2.21. The number of thiophene rings is 1. The molecule has 0 radical (unpaired) electrons. The summed E-state index contributed by atoms with van der Waals surface area (Å²) in [4.78, 5) is 13.1. The molecule has 0 amide bonds. The minimum absolute atomic E-state index is 0.231. The van der Waals surface area contributed by atoms with Gasteiger partial charge in [0, 0.05) is 6.42 Å². The third-order valence-corrected chi connectivity index (χ3v) is 4.15. The van der Waals surface area contributed by atoms with Gasteiger partial charge in [0.2, 0.25) is 0 Å². The van der Waals surface area contributed by atoms with E-state index in [0.717, 1.165) is 10.4 Å².